The quantitative estimate of drug-likeness (QED) is 0.549. The van der Waals surface area contributed by atoms with Crippen LogP contribution in [0.4, 0.5) is 5.69 Å². The molecule has 0 saturated carbocycles. The van der Waals surface area contributed by atoms with Crippen molar-refractivity contribution in [3.63, 3.8) is 0 Å². The predicted molar refractivity (Wildman–Crippen MR) is 123 cm³/mol. The van der Waals surface area contributed by atoms with Crippen LogP contribution in [0.1, 0.15) is 38.7 Å². The van der Waals surface area contributed by atoms with E-state index < -0.39 is 23.9 Å². The van der Waals surface area contributed by atoms with Crippen LogP contribution >= 0.6 is 0 Å². The number of carbonyl (C=O) groups excluding carboxylic acids is 3. The van der Waals surface area contributed by atoms with Gasteiger partial charge in [0, 0.05) is 16.8 Å². The molecule has 6 nitrogen and oxygen atoms in total. The lowest BCUT2D eigenvalue weighted by atomic mass is 10.1. The summed E-state index contributed by atoms with van der Waals surface area (Å²) in [5.74, 6) is -1.58. The second-order valence-electron chi connectivity index (χ2n) is 7.69. The fraction of sp³-hybridized carbons (Fsp3) is 0.192. The molecule has 0 heterocycles. The Morgan fingerprint density at radius 1 is 0.812 bits per heavy atom. The molecule has 32 heavy (non-hydrogen) atoms. The van der Waals surface area contributed by atoms with Gasteiger partial charge in [0.1, 0.15) is 6.54 Å². The molecule has 0 aliphatic rings. The summed E-state index contributed by atoms with van der Waals surface area (Å²) < 4.78 is 5.47. The van der Waals surface area contributed by atoms with E-state index in [1.165, 1.54) is 0 Å². The zero-order valence-corrected chi connectivity index (χ0v) is 18.3. The van der Waals surface area contributed by atoms with Crippen LogP contribution in [0.25, 0.3) is 0 Å². The van der Waals surface area contributed by atoms with E-state index in [1.807, 2.05) is 57.2 Å². The Bertz CT molecular complexity index is 1090. The summed E-state index contributed by atoms with van der Waals surface area (Å²) in [4.78, 5) is 37.7. The Kier molecular flexibility index (Phi) is 7.39. The maximum atomic E-state index is 13.0. The van der Waals surface area contributed by atoms with Crippen LogP contribution in [0.15, 0.2) is 72.8 Å². The van der Waals surface area contributed by atoms with Gasteiger partial charge < -0.3 is 15.4 Å². The van der Waals surface area contributed by atoms with Crippen molar-refractivity contribution in [3.8, 4) is 0 Å². The minimum atomic E-state index is -1.15. The van der Waals surface area contributed by atoms with Crippen molar-refractivity contribution in [2.75, 3.05) is 11.9 Å². The highest BCUT2D eigenvalue weighted by atomic mass is 16.5. The van der Waals surface area contributed by atoms with Crippen LogP contribution in [0.2, 0.25) is 0 Å². The summed E-state index contributed by atoms with van der Waals surface area (Å²) in [6, 6.07) is 21.4. The highest BCUT2D eigenvalue weighted by Crippen LogP contribution is 2.21. The Hall–Kier alpha value is -3.93. The van der Waals surface area contributed by atoms with Gasteiger partial charge in [-0.05, 0) is 56.2 Å². The van der Waals surface area contributed by atoms with Gasteiger partial charge in [0.15, 0.2) is 0 Å². The van der Waals surface area contributed by atoms with Gasteiger partial charge in [-0.3, -0.25) is 14.4 Å². The number of esters is 1. The minimum Gasteiger partial charge on any atom is -0.446 e. The third-order valence-electron chi connectivity index (χ3n) is 4.79. The molecule has 0 radical (unpaired) electrons. The maximum Gasteiger partial charge on any atom is 0.326 e. The molecule has 2 amide bonds. The highest BCUT2D eigenvalue weighted by molar-refractivity contribution is 5.98. The molecule has 3 aromatic carbocycles. The van der Waals surface area contributed by atoms with Gasteiger partial charge in [-0.2, -0.15) is 0 Å². The fourth-order valence-electron chi connectivity index (χ4n) is 3.29. The summed E-state index contributed by atoms with van der Waals surface area (Å²) in [5.41, 5.74) is 4.64. The molecular formula is C26H26N2O4. The standard InChI is InChI=1S/C26H26N2O4/c1-17-9-11-21(12-10-17)25(30)27-16-23(29)32-24(20-7-5-4-6-8-20)26(31)28-22-14-18(2)13-19(3)15-22/h4-15,24H,16H2,1-3H3,(H,27,30)(H,28,31). The van der Waals surface area contributed by atoms with E-state index in [2.05, 4.69) is 10.6 Å². The van der Waals surface area contributed by atoms with Crippen molar-refractivity contribution >= 4 is 23.5 Å². The Morgan fingerprint density at radius 3 is 2.06 bits per heavy atom. The molecule has 1 atom stereocenters. The van der Waals surface area contributed by atoms with Crippen molar-refractivity contribution in [3.05, 3.63) is 101 Å². The first kappa shape index (κ1) is 22.7. The zero-order valence-electron chi connectivity index (χ0n) is 18.3. The second-order valence-corrected chi connectivity index (χ2v) is 7.69. The number of aryl methyl sites for hydroxylation is 3. The molecule has 0 saturated heterocycles. The van der Waals surface area contributed by atoms with Gasteiger partial charge in [0.25, 0.3) is 11.8 Å². The van der Waals surface area contributed by atoms with Crippen molar-refractivity contribution in [2.45, 2.75) is 26.9 Å². The first-order valence-corrected chi connectivity index (χ1v) is 10.3. The van der Waals surface area contributed by atoms with Gasteiger partial charge in [0.05, 0.1) is 0 Å². The highest BCUT2D eigenvalue weighted by Gasteiger charge is 2.25. The molecule has 3 rings (SSSR count). The number of hydrogen-bond acceptors (Lipinski definition) is 4. The second kappa shape index (κ2) is 10.4. The number of rotatable bonds is 7. The van der Waals surface area contributed by atoms with Gasteiger partial charge in [-0.25, -0.2) is 0 Å². The molecule has 0 fully saturated rings. The number of benzene rings is 3. The van der Waals surface area contributed by atoms with E-state index in [0.717, 1.165) is 16.7 Å². The SMILES string of the molecule is Cc1ccc(C(=O)NCC(=O)OC(C(=O)Nc2cc(C)cc(C)c2)c2ccccc2)cc1. The number of ether oxygens (including phenoxy) is 1. The minimum absolute atomic E-state index is 0.354. The number of amides is 2. The number of nitrogens with one attached hydrogen (secondary N) is 2. The smallest absolute Gasteiger partial charge is 0.326 e. The van der Waals surface area contributed by atoms with E-state index in [0.29, 0.717) is 16.8 Å². The maximum absolute atomic E-state index is 13.0. The van der Waals surface area contributed by atoms with E-state index in [9.17, 15) is 14.4 Å². The molecule has 6 heteroatoms. The third-order valence-corrected chi connectivity index (χ3v) is 4.79. The monoisotopic (exact) mass is 430 g/mol. The van der Waals surface area contributed by atoms with Gasteiger partial charge >= 0.3 is 5.97 Å². The van der Waals surface area contributed by atoms with Crippen LogP contribution in [0.5, 0.6) is 0 Å². The molecule has 1 unspecified atom stereocenters. The summed E-state index contributed by atoms with van der Waals surface area (Å²) in [7, 11) is 0. The lowest BCUT2D eigenvalue weighted by Crippen LogP contribution is -2.33. The lowest BCUT2D eigenvalue weighted by molar-refractivity contribution is -0.153. The van der Waals surface area contributed by atoms with Crippen LogP contribution in [0, 0.1) is 20.8 Å². The zero-order chi connectivity index (χ0) is 23.1. The van der Waals surface area contributed by atoms with Crippen LogP contribution in [0.3, 0.4) is 0 Å². The molecule has 0 spiro atoms. The van der Waals surface area contributed by atoms with Gasteiger partial charge in [0.2, 0.25) is 6.10 Å². The van der Waals surface area contributed by atoms with Crippen molar-refractivity contribution in [1.29, 1.82) is 0 Å². The number of carbonyl (C=O) groups is 3. The molecule has 164 valence electrons. The molecule has 2 N–H and O–H groups in total. The van der Waals surface area contributed by atoms with Crippen LogP contribution in [-0.4, -0.2) is 24.3 Å². The summed E-state index contributed by atoms with van der Waals surface area (Å²) in [5, 5.41) is 5.35. The number of hydrogen-bond donors (Lipinski definition) is 2. The van der Waals surface area contributed by atoms with Gasteiger partial charge in [-0.1, -0.05) is 54.1 Å². The largest absolute Gasteiger partial charge is 0.446 e. The molecule has 0 bridgehead atoms. The molecule has 0 aromatic heterocycles. The van der Waals surface area contributed by atoms with Crippen molar-refractivity contribution < 1.29 is 19.1 Å². The summed E-state index contributed by atoms with van der Waals surface area (Å²) in [6.45, 7) is 5.45. The molecule has 3 aromatic rings. The van der Waals surface area contributed by atoms with E-state index in [1.54, 1.807) is 36.4 Å². The predicted octanol–water partition coefficient (Wildman–Crippen LogP) is 4.26. The Morgan fingerprint density at radius 2 is 1.44 bits per heavy atom. The molecular weight excluding hydrogens is 404 g/mol. The lowest BCUT2D eigenvalue weighted by Gasteiger charge is -2.19. The topological polar surface area (TPSA) is 84.5 Å². The molecule has 0 aliphatic carbocycles. The van der Waals surface area contributed by atoms with E-state index in [4.69, 9.17) is 4.74 Å². The average molecular weight is 431 g/mol. The van der Waals surface area contributed by atoms with E-state index in [-0.39, 0.29) is 6.54 Å². The normalized spacial score (nSPS) is 11.3. The Labute approximate surface area is 187 Å². The third kappa shape index (κ3) is 6.28. The summed E-state index contributed by atoms with van der Waals surface area (Å²) in [6.07, 6.45) is -1.15. The van der Waals surface area contributed by atoms with Gasteiger partial charge in [-0.15, -0.1) is 0 Å². The molecule has 0 aliphatic heterocycles. The van der Waals surface area contributed by atoms with Crippen LogP contribution < -0.4 is 10.6 Å². The van der Waals surface area contributed by atoms with Crippen molar-refractivity contribution in [2.24, 2.45) is 0 Å². The van der Waals surface area contributed by atoms with E-state index >= 15 is 0 Å². The first-order chi connectivity index (χ1) is 15.3. The average Bonchev–Trinajstić information content (AvgIpc) is 2.76. The fourth-order valence-corrected chi connectivity index (χ4v) is 3.29. The van der Waals surface area contributed by atoms with Crippen molar-refractivity contribution in [1.82, 2.24) is 5.32 Å². The summed E-state index contributed by atoms with van der Waals surface area (Å²) >= 11 is 0. The number of anilines is 1. The first-order valence-electron chi connectivity index (χ1n) is 10.3. The van der Waals surface area contributed by atoms with Crippen LogP contribution in [-0.2, 0) is 14.3 Å². The Balaban J connectivity index is 1.68.